The van der Waals surface area contributed by atoms with E-state index < -0.39 is 0 Å². The van der Waals surface area contributed by atoms with Crippen molar-refractivity contribution < 1.29 is 4.79 Å². The lowest BCUT2D eigenvalue weighted by molar-refractivity contribution is -0.120. The highest BCUT2D eigenvalue weighted by molar-refractivity contribution is 5.93. The lowest BCUT2D eigenvalue weighted by Crippen LogP contribution is -2.23. The highest BCUT2D eigenvalue weighted by Gasteiger charge is 2.06. The molecule has 1 rings (SSSR count). The minimum atomic E-state index is 0.0708. The second kappa shape index (κ2) is 6.89. The number of amides is 1. The molecule has 0 saturated heterocycles. The molecule has 1 aliphatic rings. The Kier molecular flexibility index (Phi) is 5.46. The Morgan fingerprint density at radius 3 is 3.00 bits per heavy atom. The molecular weight excluding hydrogens is 214 g/mol. The van der Waals surface area contributed by atoms with Gasteiger partial charge in [0.05, 0.1) is 0 Å². The average molecular weight is 235 g/mol. The Bertz CT molecular complexity index is 356. The molecule has 4 heteroatoms. The fourth-order valence-electron chi connectivity index (χ4n) is 1.52. The smallest absolute Gasteiger partial charge is 0.223 e. The van der Waals surface area contributed by atoms with Gasteiger partial charge in [-0.3, -0.25) is 9.79 Å². The summed E-state index contributed by atoms with van der Waals surface area (Å²) in [6, 6.07) is 0. The Hall–Kier alpha value is -1.58. The molecule has 0 aromatic carbocycles. The van der Waals surface area contributed by atoms with Gasteiger partial charge in [-0.2, -0.15) is 0 Å². The van der Waals surface area contributed by atoms with Crippen LogP contribution in [0.2, 0.25) is 0 Å². The van der Waals surface area contributed by atoms with E-state index in [4.69, 9.17) is 0 Å². The normalized spacial score (nSPS) is 15.8. The first-order valence-corrected chi connectivity index (χ1v) is 6.03. The Morgan fingerprint density at radius 2 is 2.35 bits per heavy atom. The summed E-state index contributed by atoms with van der Waals surface area (Å²) in [5.74, 6) is 0.0708. The van der Waals surface area contributed by atoms with Crippen LogP contribution in [-0.2, 0) is 4.79 Å². The minimum absolute atomic E-state index is 0.0708. The molecule has 1 heterocycles. The SMILES string of the molecule is CCCNC(=O)C/C=C\N1CN=C(C)C=C1C. The van der Waals surface area contributed by atoms with Crippen LogP contribution < -0.4 is 5.32 Å². The summed E-state index contributed by atoms with van der Waals surface area (Å²) >= 11 is 0. The highest BCUT2D eigenvalue weighted by Crippen LogP contribution is 2.09. The van der Waals surface area contributed by atoms with Crippen LogP contribution in [0.25, 0.3) is 0 Å². The minimum Gasteiger partial charge on any atom is -0.356 e. The number of hydrogen-bond acceptors (Lipinski definition) is 3. The van der Waals surface area contributed by atoms with Crippen molar-refractivity contribution >= 4 is 11.6 Å². The number of nitrogens with one attached hydrogen (secondary N) is 1. The molecule has 1 aliphatic heterocycles. The van der Waals surface area contributed by atoms with E-state index in [1.54, 1.807) is 0 Å². The van der Waals surface area contributed by atoms with E-state index in [0.29, 0.717) is 13.1 Å². The molecule has 4 nitrogen and oxygen atoms in total. The van der Waals surface area contributed by atoms with Gasteiger partial charge in [0, 0.05) is 30.6 Å². The fraction of sp³-hybridized carbons (Fsp3) is 0.538. The quantitative estimate of drug-likeness (QED) is 0.792. The molecule has 0 unspecified atom stereocenters. The van der Waals surface area contributed by atoms with Crippen molar-refractivity contribution in [2.75, 3.05) is 13.2 Å². The summed E-state index contributed by atoms with van der Waals surface area (Å²) < 4.78 is 0. The number of allylic oxidation sites excluding steroid dienone is 2. The van der Waals surface area contributed by atoms with Crippen molar-refractivity contribution in [3.8, 4) is 0 Å². The van der Waals surface area contributed by atoms with Gasteiger partial charge in [0.2, 0.25) is 5.91 Å². The molecule has 1 N–H and O–H groups in total. The second-order valence-electron chi connectivity index (χ2n) is 4.14. The van der Waals surface area contributed by atoms with E-state index in [0.717, 1.165) is 24.4 Å². The van der Waals surface area contributed by atoms with Crippen molar-refractivity contribution in [1.29, 1.82) is 0 Å². The van der Waals surface area contributed by atoms with Crippen molar-refractivity contribution in [2.24, 2.45) is 4.99 Å². The maximum Gasteiger partial charge on any atom is 0.223 e. The van der Waals surface area contributed by atoms with E-state index >= 15 is 0 Å². The third kappa shape index (κ3) is 4.85. The number of nitrogens with zero attached hydrogens (tertiary/aromatic N) is 2. The van der Waals surface area contributed by atoms with Crippen LogP contribution in [0.5, 0.6) is 0 Å². The van der Waals surface area contributed by atoms with E-state index in [1.807, 2.05) is 44.0 Å². The number of aliphatic imine (C=N–C) groups is 1. The summed E-state index contributed by atoms with van der Waals surface area (Å²) in [5, 5.41) is 2.84. The van der Waals surface area contributed by atoms with Crippen LogP contribution in [0.3, 0.4) is 0 Å². The zero-order valence-corrected chi connectivity index (χ0v) is 10.9. The van der Waals surface area contributed by atoms with Crippen molar-refractivity contribution in [2.45, 2.75) is 33.6 Å². The van der Waals surface area contributed by atoms with Gasteiger partial charge >= 0.3 is 0 Å². The molecule has 0 spiro atoms. The van der Waals surface area contributed by atoms with Crippen LogP contribution in [0.1, 0.15) is 33.6 Å². The van der Waals surface area contributed by atoms with Gasteiger partial charge in [0.15, 0.2) is 0 Å². The Labute approximate surface area is 103 Å². The highest BCUT2D eigenvalue weighted by atomic mass is 16.1. The first-order valence-electron chi connectivity index (χ1n) is 6.03. The van der Waals surface area contributed by atoms with Crippen LogP contribution in [0.4, 0.5) is 0 Å². The molecule has 1 amide bonds. The molecular formula is C13H21N3O. The lowest BCUT2D eigenvalue weighted by atomic mass is 10.2. The lowest BCUT2D eigenvalue weighted by Gasteiger charge is -2.22. The van der Waals surface area contributed by atoms with Crippen molar-refractivity contribution in [3.05, 3.63) is 24.0 Å². The molecule has 17 heavy (non-hydrogen) atoms. The summed E-state index contributed by atoms with van der Waals surface area (Å²) in [5.41, 5.74) is 2.20. The van der Waals surface area contributed by atoms with Crippen molar-refractivity contribution in [1.82, 2.24) is 10.2 Å². The zero-order valence-electron chi connectivity index (χ0n) is 10.9. The molecule has 0 fully saturated rings. The summed E-state index contributed by atoms with van der Waals surface area (Å²) in [7, 11) is 0. The topological polar surface area (TPSA) is 44.7 Å². The maximum atomic E-state index is 11.4. The van der Waals surface area contributed by atoms with Gasteiger partial charge in [0.1, 0.15) is 6.67 Å². The van der Waals surface area contributed by atoms with E-state index in [1.165, 1.54) is 0 Å². The van der Waals surface area contributed by atoms with Gasteiger partial charge in [-0.25, -0.2) is 0 Å². The number of rotatable bonds is 5. The first kappa shape index (κ1) is 13.5. The molecule has 0 radical (unpaired) electrons. The predicted molar refractivity (Wildman–Crippen MR) is 70.6 cm³/mol. The van der Waals surface area contributed by atoms with Crippen LogP contribution in [0.15, 0.2) is 29.0 Å². The predicted octanol–water partition coefficient (Wildman–Crippen LogP) is 2.05. The number of carbonyl (C=O) groups excluding carboxylic acids is 1. The average Bonchev–Trinajstić information content (AvgIpc) is 2.29. The summed E-state index contributed by atoms with van der Waals surface area (Å²) in [4.78, 5) is 17.7. The van der Waals surface area contributed by atoms with E-state index in [-0.39, 0.29) is 5.91 Å². The van der Waals surface area contributed by atoms with E-state index in [9.17, 15) is 4.79 Å². The monoisotopic (exact) mass is 235 g/mol. The van der Waals surface area contributed by atoms with Gasteiger partial charge in [-0.05, 0) is 26.3 Å². The molecule has 0 aliphatic carbocycles. The number of hydrogen-bond donors (Lipinski definition) is 1. The fourth-order valence-corrected chi connectivity index (χ4v) is 1.52. The van der Waals surface area contributed by atoms with Crippen molar-refractivity contribution in [3.63, 3.8) is 0 Å². The van der Waals surface area contributed by atoms with Crippen LogP contribution in [-0.4, -0.2) is 29.7 Å². The van der Waals surface area contributed by atoms with Gasteiger partial charge in [-0.15, -0.1) is 0 Å². The molecule has 0 aromatic rings. The van der Waals surface area contributed by atoms with Gasteiger partial charge in [-0.1, -0.05) is 13.0 Å². The molecule has 0 saturated carbocycles. The van der Waals surface area contributed by atoms with Crippen LogP contribution >= 0.6 is 0 Å². The largest absolute Gasteiger partial charge is 0.356 e. The summed E-state index contributed by atoms with van der Waals surface area (Å²) in [6.45, 7) is 7.46. The van der Waals surface area contributed by atoms with Crippen LogP contribution in [0, 0.1) is 0 Å². The van der Waals surface area contributed by atoms with Gasteiger partial charge < -0.3 is 10.2 Å². The van der Waals surface area contributed by atoms with Gasteiger partial charge in [0.25, 0.3) is 0 Å². The maximum absolute atomic E-state index is 11.4. The summed E-state index contributed by atoms with van der Waals surface area (Å²) in [6.07, 6.45) is 7.22. The molecule has 94 valence electrons. The Morgan fingerprint density at radius 1 is 1.59 bits per heavy atom. The third-order valence-corrected chi connectivity index (χ3v) is 2.50. The second-order valence-corrected chi connectivity index (χ2v) is 4.14. The molecule has 0 aromatic heterocycles. The first-order chi connectivity index (χ1) is 8.13. The van der Waals surface area contributed by atoms with E-state index in [2.05, 4.69) is 10.3 Å². The molecule has 0 atom stereocenters. The molecule has 0 bridgehead atoms. The standard InChI is InChI=1S/C13H21N3O/c1-4-7-14-13(17)6-5-8-16-10-15-11(2)9-12(16)3/h5,8-9H,4,6-7,10H2,1-3H3,(H,14,17)/b8-5-. The number of carbonyl (C=O) groups is 1. The Balaban J connectivity index is 2.35. The zero-order chi connectivity index (χ0) is 12.7. The third-order valence-electron chi connectivity index (χ3n) is 2.50.